The Hall–Kier alpha value is -3.92. The fraction of sp³-hybridized carbons (Fsp3) is 0.143. The number of fused-ring (bicyclic) bond motifs is 1. The predicted octanol–water partition coefficient (Wildman–Crippen LogP) is 4.00. The van der Waals surface area contributed by atoms with Crippen molar-refractivity contribution in [3.8, 4) is 10.6 Å². The highest BCUT2D eigenvalue weighted by molar-refractivity contribution is 7.17. The molecule has 1 aliphatic rings. The van der Waals surface area contributed by atoms with Gasteiger partial charge in [0, 0.05) is 17.7 Å². The highest BCUT2D eigenvalue weighted by Gasteiger charge is 2.38. The molecule has 156 valence electrons. The molecule has 10 heteroatoms. The maximum Gasteiger partial charge on any atom is 0.350 e. The summed E-state index contributed by atoms with van der Waals surface area (Å²) in [6.45, 7) is 3.48. The minimum absolute atomic E-state index is 0.154. The zero-order valence-corrected chi connectivity index (χ0v) is 17.3. The Balaban J connectivity index is 1.88. The van der Waals surface area contributed by atoms with Gasteiger partial charge in [-0.25, -0.2) is 14.7 Å². The monoisotopic (exact) mass is 437 g/mol. The van der Waals surface area contributed by atoms with Gasteiger partial charge in [-0.05, 0) is 32.0 Å². The highest BCUT2D eigenvalue weighted by Crippen LogP contribution is 2.40. The average molecular weight is 437 g/mol. The Morgan fingerprint density at radius 3 is 2.35 bits per heavy atom. The van der Waals surface area contributed by atoms with Crippen LogP contribution in [0.3, 0.4) is 0 Å². The van der Waals surface area contributed by atoms with Gasteiger partial charge in [-0.3, -0.25) is 19.7 Å². The molecule has 0 bridgehead atoms. The number of carbonyl (C=O) groups is 3. The summed E-state index contributed by atoms with van der Waals surface area (Å²) in [5.74, 6) is -1.62. The minimum atomic E-state index is -0.581. The summed E-state index contributed by atoms with van der Waals surface area (Å²) in [5, 5.41) is 11.6. The molecule has 0 radical (unpaired) electrons. The molecule has 3 aromatic rings. The number of non-ortho nitro benzene ring substituents is 1. The Morgan fingerprint density at radius 1 is 1.13 bits per heavy atom. The van der Waals surface area contributed by atoms with Crippen LogP contribution in [0, 0.1) is 17.0 Å². The molecule has 0 spiro atoms. The van der Waals surface area contributed by atoms with Crippen LogP contribution in [-0.2, 0) is 4.74 Å². The number of nitrogens with zero attached hydrogens (tertiary/aromatic N) is 3. The van der Waals surface area contributed by atoms with Crippen molar-refractivity contribution in [2.24, 2.45) is 0 Å². The predicted molar refractivity (Wildman–Crippen MR) is 112 cm³/mol. The maximum absolute atomic E-state index is 13.0. The molecule has 9 nitrogen and oxygen atoms in total. The second-order valence-corrected chi connectivity index (χ2v) is 7.60. The second kappa shape index (κ2) is 7.73. The molecule has 1 aromatic heterocycles. The van der Waals surface area contributed by atoms with E-state index in [4.69, 9.17) is 4.74 Å². The first-order valence-electron chi connectivity index (χ1n) is 9.24. The first kappa shape index (κ1) is 20.4. The third-order valence-corrected chi connectivity index (χ3v) is 5.88. The van der Waals surface area contributed by atoms with Crippen LogP contribution in [0.4, 0.5) is 11.4 Å². The third-order valence-electron chi connectivity index (χ3n) is 4.71. The van der Waals surface area contributed by atoms with E-state index in [0.29, 0.717) is 5.69 Å². The number of anilines is 1. The van der Waals surface area contributed by atoms with Gasteiger partial charge in [-0.15, -0.1) is 11.3 Å². The van der Waals surface area contributed by atoms with E-state index in [1.54, 1.807) is 38.1 Å². The van der Waals surface area contributed by atoms with Crippen LogP contribution in [0.1, 0.15) is 43.0 Å². The van der Waals surface area contributed by atoms with E-state index in [1.807, 2.05) is 0 Å². The van der Waals surface area contributed by atoms with Crippen LogP contribution in [0.25, 0.3) is 10.6 Å². The van der Waals surface area contributed by atoms with Crippen molar-refractivity contribution >= 4 is 40.5 Å². The number of amides is 2. The number of aromatic nitrogens is 1. The Kier molecular flexibility index (Phi) is 5.07. The SMILES string of the molecule is CCOC(=O)c1sc(-c2cc([N+](=O)[O-])ccc2N2C(=O)c3ccccc3C2=O)nc1C. The summed E-state index contributed by atoms with van der Waals surface area (Å²) >= 11 is 0.983. The molecule has 0 saturated carbocycles. The van der Waals surface area contributed by atoms with E-state index in [0.717, 1.165) is 16.2 Å². The number of ether oxygens (including phenoxy) is 1. The van der Waals surface area contributed by atoms with Gasteiger partial charge in [0.2, 0.25) is 0 Å². The van der Waals surface area contributed by atoms with E-state index >= 15 is 0 Å². The standard InChI is InChI=1S/C21H15N3O6S/c1-3-30-21(27)17-11(2)22-18(31-17)15-10-12(24(28)29)8-9-16(15)23-19(25)13-6-4-5-7-14(13)20(23)26/h4-10H,3H2,1-2H3. The topological polar surface area (TPSA) is 120 Å². The Labute approximate surface area is 180 Å². The van der Waals surface area contributed by atoms with Gasteiger partial charge in [0.15, 0.2) is 0 Å². The molecule has 2 amide bonds. The van der Waals surface area contributed by atoms with Crippen LogP contribution >= 0.6 is 11.3 Å². The van der Waals surface area contributed by atoms with E-state index in [9.17, 15) is 24.5 Å². The lowest BCUT2D eigenvalue weighted by molar-refractivity contribution is -0.384. The van der Waals surface area contributed by atoms with Crippen molar-refractivity contribution in [1.29, 1.82) is 0 Å². The van der Waals surface area contributed by atoms with E-state index in [2.05, 4.69) is 4.98 Å². The fourth-order valence-electron chi connectivity index (χ4n) is 3.31. The smallest absolute Gasteiger partial charge is 0.350 e. The summed E-state index contributed by atoms with van der Waals surface area (Å²) in [6, 6.07) is 10.2. The summed E-state index contributed by atoms with van der Waals surface area (Å²) in [6.07, 6.45) is 0. The van der Waals surface area contributed by atoms with Gasteiger partial charge >= 0.3 is 5.97 Å². The number of hydrogen-bond acceptors (Lipinski definition) is 8. The number of benzene rings is 2. The van der Waals surface area contributed by atoms with Gasteiger partial charge in [-0.1, -0.05) is 12.1 Å². The van der Waals surface area contributed by atoms with E-state index in [1.165, 1.54) is 18.2 Å². The fourth-order valence-corrected chi connectivity index (χ4v) is 4.29. The van der Waals surface area contributed by atoms with Crippen molar-refractivity contribution in [3.05, 3.63) is 74.3 Å². The number of hydrogen-bond donors (Lipinski definition) is 0. The first-order chi connectivity index (χ1) is 14.8. The van der Waals surface area contributed by atoms with Crippen LogP contribution in [0.5, 0.6) is 0 Å². The summed E-state index contributed by atoms with van der Waals surface area (Å²) < 4.78 is 5.03. The summed E-state index contributed by atoms with van der Waals surface area (Å²) in [4.78, 5) is 54.5. The highest BCUT2D eigenvalue weighted by atomic mass is 32.1. The number of nitro groups is 1. The van der Waals surface area contributed by atoms with Gasteiger partial charge in [0.1, 0.15) is 9.88 Å². The zero-order chi connectivity index (χ0) is 22.3. The summed E-state index contributed by atoms with van der Waals surface area (Å²) in [5.41, 5.74) is 1.01. The largest absolute Gasteiger partial charge is 0.462 e. The average Bonchev–Trinajstić information content (AvgIpc) is 3.26. The first-order valence-corrected chi connectivity index (χ1v) is 10.1. The third kappa shape index (κ3) is 3.36. The lowest BCUT2D eigenvalue weighted by Gasteiger charge is -2.17. The second-order valence-electron chi connectivity index (χ2n) is 6.60. The lowest BCUT2D eigenvalue weighted by Crippen LogP contribution is -2.29. The van der Waals surface area contributed by atoms with Crippen molar-refractivity contribution in [2.75, 3.05) is 11.5 Å². The van der Waals surface area contributed by atoms with E-state index in [-0.39, 0.29) is 44.6 Å². The van der Waals surface area contributed by atoms with Gasteiger partial charge in [0.25, 0.3) is 17.5 Å². The Morgan fingerprint density at radius 2 is 1.77 bits per heavy atom. The van der Waals surface area contributed by atoms with Gasteiger partial charge in [0.05, 0.1) is 34.0 Å². The van der Waals surface area contributed by atoms with Crippen molar-refractivity contribution in [1.82, 2.24) is 4.98 Å². The van der Waals surface area contributed by atoms with Crippen LogP contribution < -0.4 is 4.90 Å². The molecule has 0 N–H and O–H groups in total. The van der Waals surface area contributed by atoms with E-state index < -0.39 is 22.7 Å². The van der Waals surface area contributed by atoms with Crippen LogP contribution in [0.2, 0.25) is 0 Å². The molecule has 0 fully saturated rings. The number of nitro benzene ring substituents is 1. The molecule has 4 rings (SSSR count). The molecule has 0 aliphatic carbocycles. The number of aryl methyl sites for hydroxylation is 1. The molecule has 0 unspecified atom stereocenters. The van der Waals surface area contributed by atoms with Crippen molar-refractivity contribution in [2.45, 2.75) is 13.8 Å². The normalized spacial score (nSPS) is 12.8. The lowest BCUT2D eigenvalue weighted by atomic mass is 10.1. The van der Waals surface area contributed by atoms with Crippen LogP contribution in [-0.4, -0.2) is 34.3 Å². The molecule has 2 heterocycles. The maximum atomic E-state index is 13.0. The molecular formula is C21H15N3O6S. The molecular weight excluding hydrogens is 422 g/mol. The number of esters is 1. The number of rotatable bonds is 5. The molecule has 1 aliphatic heterocycles. The zero-order valence-electron chi connectivity index (χ0n) is 16.4. The summed E-state index contributed by atoms with van der Waals surface area (Å²) in [7, 11) is 0. The number of thiazole rings is 1. The number of imide groups is 1. The van der Waals surface area contributed by atoms with Crippen molar-refractivity contribution < 1.29 is 24.0 Å². The quantitative estimate of drug-likeness (QED) is 0.256. The van der Waals surface area contributed by atoms with Crippen molar-refractivity contribution in [3.63, 3.8) is 0 Å². The molecule has 31 heavy (non-hydrogen) atoms. The van der Waals surface area contributed by atoms with Crippen LogP contribution in [0.15, 0.2) is 42.5 Å². The van der Waals surface area contributed by atoms with Gasteiger partial charge in [-0.2, -0.15) is 0 Å². The minimum Gasteiger partial charge on any atom is -0.462 e. The van der Waals surface area contributed by atoms with Gasteiger partial charge < -0.3 is 4.74 Å². The Bertz CT molecular complexity index is 1230. The molecule has 0 atom stereocenters. The molecule has 2 aromatic carbocycles. The number of carbonyl (C=O) groups excluding carboxylic acids is 3. The molecule has 0 saturated heterocycles.